The van der Waals surface area contributed by atoms with Crippen molar-refractivity contribution in [2.45, 2.75) is 6.54 Å². The van der Waals surface area contributed by atoms with E-state index in [4.69, 9.17) is 4.98 Å². The summed E-state index contributed by atoms with van der Waals surface area (Å²) in [6.45, 7) is 7.65. The fraction of sp³-hybridized carbons (Fsp3) is 0.172. The summed E-state index contributed by atoms with van der Waals surface area (Å²) in [6, 6.07) is 22.9. The number of benzene rings is 3. The van der Waals surface area contributed by atoms with Crippen LogP contribution in [0.25, 0.3) is 44.6 Å². The van der Waals surface area contributed by atoms with Gasteiger partial charge in [0.05, 0.1) is 33.5 Å². The molecule has 0 bridgehead atoms. The lowest BCUT2D eigenvalue weighted by molar-refractivity contribution is -0.127. The minimum Gasteiger partial charge on any atom is -0.351 e. The normalized spacial score (nSPS) is 14.4. The molecule has 0 unspecified atom stereocenters. The van der Waals surface area contributed by atoms with E-state index in [2.05, 4.69) is 62.8 Å². The van der Waals surface area contributed by atoms with Gasteiger partial charge in [0, 0.05) is 43.9 Å². The Balaban J connectivity index is 1.31. The number of fused-ring (bicyclic) bond motifs is 2. The number of aromatic nitrogens is 4. The number of hydrogen-bond acceptors (Lipinski definition) is 5. The molecular formula is C29H26N6O. The van der Waals surface area contributed by atoms with Crippen molar-refractivity contribution in [1.82, 2.24) is 29.7 Å². The van der Waals surface area contributed by atoms with Crippen molar-refractivity contribution in [2.24, 2.45) is 0 Å². The maximum atomic E-state index is 11.8. The molecular weight excluding hydrogens is 448 g/mol. The van der Waals surface area contributed by atoms with E-state index in [-0.39, 0.29) is 5.91 Å². The van der Waals surface area contributed by atoms with Crippen molar-refractivity contribution < 1.29 is 4.79 Å². The van der Waals surface area contributed by atoms with Gasteiger partial charge in [-0.2, -0.15) is 0 Å². The quantitative estimate of drug-likeness (QED) is 0.375. The van der Waals surface area contributed by atoms with Crippen LogP contribution in [0.2, 0.25) is 0 Å². The third-order valence-electron chi connectivity index (χ3n) is 6.77. The number of piperazine rings is 1. The van der Waals surface area contributed by atoms with Crippen LogP contribution in [0.15, 0.2) is 85.7 Å². The van der Waals surface area contributed by atoms with Gasteiger partial charge < -0.3 is 9.88 Å². The predicted molar refractivity (Wildman–Crippen MR) is 142 cm³/mol. The molecule has 3 aromatic carbocycles. The third-order valence-corrected chi connectivity index (χ3v) is 6.77. The van der Waals surface area contributed by atoms with Gasteiger partial charge in [-0.1, -0.05) is 61.2 Å². The number of hydrogen-bond donors (Lipinski definition) is 1. The van der Waals surface area contributed by atoms with E-state index in [1.807, 2.05) is 35.2 Å². The fourth-order valence-corrected chi connectivity index (χ4v) is 4.79. The van der Waals surface area contributed by atoms with E-state index in [0.717, 1.165) is 77.3 Å². The summed E-state index contributed by atoms with van der Waals surface area (Å²) in [6.07, 6.45) is 2.98. The second-order valence-corrected chi connectivity index (χ2v) is 9.06. The topological polar surface area (TPSA) is 78.0 Å². The Bertz CT molecular complexity index is 1550. The van der Waals surface area contributed by atoms with E-state index < -0.39 is 0 Å². The average Bonchev–Trinajstić information content (AvgIpc) is 3.39. The summed E-state index contributed by atoms with van der Waals surface area (Å²) >= 11 is 0. The second kappa shape index (κ2) is 9.36. The van der Waals surface area contributed by atoms with E-state index in [1.165, 1.54) is 11.6 Å². The lowest BCUT2D eigenvalue weighted by atomic mass is 10.0. The van der Waals surface area contributed by atoms with Gasteiger partial charge in [-0.15, -0.1) is 0 Å². The van der Waals surface area contributed by atoms with Crippen LogP contribution < -0.4 is 0 Å². The molecule has 0 spiro atoms. The number of aromatic amines is 1. The Hall–Kier alpha value is -4.36. The highest BCUT2D eigenvalue weighted by Gasteiger charge is 2.19. The maximum Gasteiger partial charge on any atom is 0.246 e. The minimum absolute atomic E-state index is 0.0135. The van der Waals surface area contributed by atoms with Crippen LogP contribution in [0.5, 0.6) is 0 Å². The Morgan fingerprint density at radius 2 is 1.61 bits per heavy atom. The molecule has 1 aliphatic rings. The number of nitrogens with one attached hydrogen (secondary N) is 1. The molecule has 36 heavy (non-hydrogen) atoms. The maximum absolute atomic E-state index is 11.8. The Labute approximate surface area is 209 Å². The first kappa shape index (κ1) is 22.1. The van der Waals surface area contributed by atoms with Gasteiger partial charge in [-0.25, -0.2) is 15.0 Å². The smallest absolute Gasteiger partial charge is 0.246 e. The van der Waals surface area contributed by atoms with Crippen molar-refractivity contribution >= 4 is 28.0 Å². The van der Waals surface area contributed by atoms with Crippen LogP contribution in [-0.2, 0) is 11.3 Å². The highest BCUT2D eigenvalue weighted by molar-refractivity contribution is 5.94. The first-order chi connectivity index (χ1) is 17.7. The van der Waals surface area contributed by atoms with Gasteiger partial charge >= 0.3 is 0 Å². The standard InChI is InChI=1S/C29H26N6O/c1-2-27(36)35-14-12-34(13-15-35)18-20-8-10-22(11-9-20)29-28(21-6-4-3-5-7-21)32-25-16-23-24(31-19-30-23)17-26(25)33-29/h2-11,16-17,19,33H,1,12-15,18H2. The van der Waals surface area contributed by atoms with E-state index in [1.54, 1.807) is 6.33 Å². The number of rotatable bonds is 5. The zero-order chi connectivity index (χ0) is 24.5. The lowest BCUT2D eigenvalue weighted by Gasteiger charge is -2.34. The molecule has 3 heterocycles. The van der Waals surface area contributed by atoms with Crippen LogP contribution in [0.1, 0.15) is 5.56 Å². The zero-order valence-electron chi connectivity index (χ0n) is 19.9. The SMILES string of the molecule is C=CC(=O)N1CCN(Cc2ccc(-c3[nH]c4cc5ncnc5cc4nc3-c3ccccc3)cc2)CC1. The summed E-state index contributed by atoms with van der Waals surface area (Å²) < 4.78 is 0. The van der Waals surface area contributed by atoms with Crippen molar-refractivity contribution in [2.75, 3.05) is 26.2 Å². The largest absolute Gasteiger partial charge is 0.351 e. The molecule has 6 rings (SSSR count). The van der Waals surface area contributed by atoms with Crippen LogP contribution >= 0.6 is 0 Å². The van der Waals surface area contributed by atoms with Crippen molar-refractivity contribution in [3.05, 3.63) is 91.3 Å². The fourth-order valence-electron chi connectivity index (χ4n) is 4.79. The van der Waals surface area contributed by atoms with Gasteiger partial charge in [-0.3, -0.25) is 9.69 Å². The van der Waals surface area contributed by atoms with Crippen molar-refractivity contribution in [3.63, 3.8) is 0 Å². The number of H-pyrrole nitrogens is 1. The molecule has 1 aliphatic heterocycles. The number of imidazole rings is 1. The van der Waals surface area contributed by atoms with Crippen molar-refractivity contribution in [3.8, 4) is 22.5 Å². The Morgan fingerprint density at radius 3 is 2.33 bits per heavy atom. The molecule has 1 saturated heterocycles. The molecule has 2 aromatic heterocycles. The van der Waals surface area contributed by atoms with Gasteiger partial charge in [0.1, 0.15) is 6.33 Å². The van der Waals surface area contributed by atoms with Crippen molar-refractivity contribution in [1.29, 1.82) is 0 Å². The van der Waals surface area contributed by atoms with Crippen LogP contribution in [0, 0.1) is 0 Å². The highest BCUT2D eigenvalue weighted by atomic mass is 16.2. The van der Waals surface area contributed by atoms with Gasteiger partial charge in [-0.05, 0) is 23.8 Å². The first-order valence-electron chi connectivity index (χ1n) is 12.1. The van der Waals surface area contributed by atoms with E-state index in [9.17, 15) is 4.79 Å². The number of nitrogens with zero attached hydrogens (tertiary/aromatic N) is 5. The summed E-state index contributed by atoms with van der Waals surface area (Å²) in [5, 5.41) is 0. The molecule has 1 N–H and O–H groups in total. The molecule has 7 heteroatoms. The summed E-state index contributed by atoms with van der Waals surface area (Å²) in [4.78, 5) is 33.4. The highest BCUT2D eigenvalue weighted by Crippen LogP contribution is 2.32. The lowest BCUT2D eigenvalue weighted by Crippen LogP contribution is -2.47. The van der Waals surface area contributed by atoms with E-state index in [0.29, 0.717) is 0 Å². The molecule has 178 valence electrons. The van der Waals surface area contributed by atoms with Crippen LogP contribution in [0.3, 0.4) is 0 Å². The third kappa shape index (κ3) is 4.25. The molecule has 5 aromatic rings. The monoisotopic (exact) mass is 474 g/mol. The molecule has 1 amide bonds. The average molecular weight is 475 g/mol. The minimum atomic E-state index is 0.0135. The molecule has 0 saturated carbocycles. The van der Waals surface area contributed by atoms with Gasteiger partial charge in [0.15, 0.2) is 0 Å². The van der Waals surface area contributed by atoms with Gasteiger partial charge in [0.25, 0.3) is 0 Å². The predicted octanol–water partition coefficient (Wildman–Crippen LogP) is 4.67. The second-order valence-electron chi connectivity index (χ2n) is 9.06. The molecule has 0 radical (unpaired) electrons. The summed E-state index contributed by atoms with van der Waals surface area (Å²) in [7, 11) is 0. The Morgan fingerprint density at radius 1 is 0.889 bits per heavy atom. The molecule has 0 aliphatic carbocycles. The molecule has 0 atom stereocenters. The zero-order valence-corrected chi connectivity index (χ0v) is 19.9. The summed E-state index contributed by atoms with van der Waals surface area (Å²) in [5.74, 6) is 0.0135. The van der Waals surface area contributed by atoms with E-state index >= 15 is 0 Å². The number of carbonyl (C=O) groups is 1. The van der Waals surface area contributed by atoms with Gasteiger partial charge in [0.2, 0.25) is 5.91 Å². The van der Waals surface area contributed by atoms with Crippen LogP contribution in [0.4, 0.5) is 0 Å². The summed E-state index contributed by atoms with van der Waals surface area (Å²) in [5.41, 5.74) is 8.71. The number of amides is 1. The molecule has 7 nitrogen and oxygen atoms in total. The number of carbonyl (C=O) groups excluding carboxylic acids is 1. The van der Waals surface area contributed by atoms with Crippen LogP contribution in [-0.4, -0.2) is 61.8 Å². The Kier molecular flexibility index (Phi) is 5.75. The molecule has 1 fully saturated rings. The first-order valence-corrected chi connectivity index (χ1v) is 12.1.